The van der Waals surface area contributed by atoms with Gasteiger partial charge in [-0.25, -0.2) is 9.37 Å². The van der Waals surface area contributed by atoms with Gasteiger partial charge in [-0.15, -0.1) is 0 Å². The van der Waals surface area contributed by atoms with Gasteiger partial charge >= 0.3 is 0 Å². The lowest BCUT2D eigenvalue weighted by atomic mass is 10.0. The number of benzene rings is 1. The summed E-state index contributed by atoms with van der Waals surface area (Å²) in [5.74, 6) is 0.933. The first-order valence-corrected chi connectivity index (χ1v) is 7.70. The molecule has 2 rings (SSSR count). The molecule has 114 valence electrons. The number of hydrogen-bond acceptors (Lipinski definition) is 2. The molecule has 1 aromatic carbocycles. The maximum atomic E-state index is 13.0. The Balaban J connectivity index is 2.04. The Bertz CT molecular complexity index is 533. The molecule has 0 aliphatic rings. The minimum Gasteiger partial charge on any atom is -0.335 e. The fourth-order valence-electron chi connectivity index (χ4n) is 2.61. The van der Waals surface area contributed by atoms with E-state index in [0.717, 1.165) is 43.7 Å². The van der Waals surface area contributed by atoms with Gasteiger partial charge < -0.3 is 9.88 Å². The third-order valence-corrected chi connectivity index (χ3v) is 3.58. The van der Waals surface area contributed by atoms with Crippen LogP contribution in [0.15, 0.2) is 36.7 Å². The number of nitrogens with zero attached hydrogens (tertiary/aromatic N) is 2. The van der Waals surface area contributed by atoms with Crippen molar-refractivity contribution in [2.75, 3.05) is 6.54 Å². The normalized spacial score (nSPS) is 12.5. The van der Waals surface area contributed by atoms with Crippen LogP contribution in [0.3, 0.4) is 0 Å². The summed E-state index contributed by atoms with van der Waals surface area (Å²) in [7, 11) is 0. The molecule has 0 radical (unpaired) electrons. The van der Waals surface area contributed by atoms with Gasteiger partial charge in [0.2, 0.25) is 0 Å². The Kier molecular flexibility index (Phi) is 5.93. The Hall–Kier alpha value is -1.68. The van der Waals surface area contributed by atoms with E-state index in [4.69, 9.17) is 0 Å². The average Bonchev–Trinajstić information content (AvgIpc) is 2.89. The number of aryl methyl sites for hydroxylation is 1. The van der Waals surface area contributed by atoms with Gasteiger partial charge in [-0.1, -0.05) is 26.0 Å². The fraction of sp³-hybridized carbons (Fsp3) is 0.471. The zero-order valence-corrected chi connectivity index (χ0v) is 12.8. The predicted octanol–water partition coefficient (Wildman–Crippen LogP) is 3.20. The van der Waals surface area contributed by atoms with Crippen LogP contribution in [0.1, 0.15) is 31.7 Å². The van der Waals surface area contributed by atoms with Crippen LogP contribution in [-0.2, 0) is 19.4 Å². The molecule has 0 aliphatic heterocycles. The van der Waals surface area contributed by atoms with Gasteiger partial charge in [0, 0.05) is 31.4 Å². The number of imidazole rings is 1. The molecule has 21 heavy (non-hydrogen) atoms. The molecule has 0 spiro atoms. The first kappa shape index (κ1) is 15.7. The highest BCUT2D eigenvalue weighted by atomic mass is 19.1. The standard InChI is InChI=1S/C17H24FN3/c1-3-10-21-11-9-20-17(21)13-16(19-4-2)12-14-5-7-15(18)8-6-14/h5-9,11,16,19H,3-4,10,12-13H2,1-2H3. The van der Waals surface area contributed by atoms with Gasteiger partial charge in [0.05, 0.1) is 0 Å². The van der Waals surface area contributed by atoms with Crippen LogP contribution < -0.4 is 5.32 Å². The molecule has 1 heterocycles. The van der Waals surface area contributed by atoms with E-state index < -0.39 is 0 Å². The van der Waals surface area contributed by atoms with E-state index in [1.54, 1.807) is 0 Å². The van der Waals surface area contributed by atoms with Crippen LogP contribution in [0, 0.1) is 5.82 Å². The number of rotatable bonds is 8. The van der Waals surface area contributed by atoms with E-state index >= 15 is 0 Å². The first-order valence-electron chi connectivity index (χ1n) is 7.70. The van der Waals surface area contributed by atoms with Crippen molar-refractivity contribution in [1.29, 1.82) is 0 Å². The molecule has 1 atom stereocenters. The molecule has 1 unspecified atom stereocenters. The quantitative estimate of drug-likeness (QED) is 0.809. The Morgan fingerprint density at radius 3 is 2.62 bits per heavy atom. The van der Waals surface area contributed by atoms with Gasteiger partial charge in [0.15, 0.2) is 0 Å². The summed E-state index contributed by atoms with van der Waals surface area (Å²) in [4.78, 5) is 4.48. The molecule has 3 nitrogen and oxygen atoms in total. The Morgan fingerprint density at radius 2 is 1.95 bits per heavy atom. The number of nitrogens with one attached hydrogen (secondary N) is 1. The minimum atomic E-state index is -0.183. The van der Waals surface area contributed by atoms with Gasteiger partial charge in [0.1, 0.15) is 11.6 Å². The Labute approximate surface area is 126 Å². The lowest BCUT2D eigenvalue weighted by Gasteiger charge is -2.18. The highest BCUT2D eigenvalue weighted by Gasteiger charge is 2.13. The van der Waals surface area contributed by atoms with Gasteiger partial charge in [-0.05, 0) is 37.1 Å². The second kappa shape index (κ2) is 7.93. The second-order valence-electron chi connectivity index (χ2n) is 5.33. The average molecular weight is 289 g/mol. The van der Waals surface area contributed by atoms with E-state index in [-0.39, 0.29) is 5.82 Å². The first-order chi connectivity index (χ1) is 10.2. The number of aromatic nitrogens is 2. The smallest absolute Gasteiger partial charge is 0.123 e. The molecule has 0 amide bonds. The zero-order valence-electron chi connectivity index (χ0n) is 12.8. The van der Waals surface area contributed by atoms with E-state index in [1.165, 1.54) is 12.1 Å². The zero-order chi connectivity index (χ0) is 15.1. The maximum absolute atomic E-state index is 13.0. The van der Waals surface area contributed by atoms with E-state index in [2.05, 4.69) is 28.7 Å². The van der Waals surface area contributed by atoms with Crippen LogP contribution in [-0.4, -0.2) is 22.1 Å². The van der Waals surface area contributed by atoms with Crippen molar-refractivity contribution < 1.29 is 4.39 Å². The van der Waals surface area contributed by atoms with Crippen molar-refractivity contribution in [3.63, 3.8) is 0 Å². The second-order valence-corrected chi connectivity index (χ2v) is 5.33. The van der Waals surface area contributed by atoms with Crippen LogP contribution >= 0.6 is 0 Å². The van der Waals surface area contributed by atoms with Crippen molar-refractivity contribution in [3.8, 4) is 0 Å². The molecule has 1 N–H and O–H groups in total. The SMILES string of the molecule is CCCn1ccnc1CC(Cc1ccc(F)cc1)NCC. The predicted molar refractivity (Wildman–Crippen MR) is 83.8 cm³/mol. The summed E-state index contributed by atoms with van der Waals surface area (Å²) >= 11 is 0. The maximum Gasteiger partial charge on any atom is 0.123 e. The van der Waals surface area contributed by atoms with Crippen molar-refractivity contribution in [2.24, 2.45) is 0 Å². The summed E-state index contributed by atoms with van der Waals surface area (Å²) in [6.07, 6.45) is 6.78. The van der Waals surface area contributed by atoms with Crippen molar-refractivity contribution in [1.82, 2.24) is 14.9 Å². The topological polar surface area (TPSA) is 29.9 Å². The summed E-state index contributed by atoms with van der Waals surface area (Å²) in [5.41, 5.74) is 1.15. The summed E-state index contributed by atoms with van der Waals surface area (Å²) in [5, 5.41) is 3.51. The third kappa shape index (κ3) is 4.67. The summed E-state index contributed by atoms with van der Waals surface area (Å²) < 4.78 is 15.2. The number of halogens is 1. The van der Waals surface area contributed by atoms with E-state index in [1.807, 2.05) is 24.5 Å². The highest BCUT2D eigenvalue weighted by Crippen LogP contribution is 2.10. The molecule has 0 saturated carbocycles. The third-order valence-electron chi connectivity index (χ3n) is 3.58. The molecule has 0 fully saturated rings. The van der Waals surface area contributed by atoms with Crippen LogP contribution in [0.25, 0.3) is 0 Å². The molecule has 0 bridgehead atoms. The van der Waals surface area contributed by atoms with Crippen LogP contribution in [0.4, 0.5) is 4.39 Å². The Morgan fingerprint density at radius 1 is 1.19 bits per heavy atom. The molecule has 0 saturated heterocycles. The minimum absolute atomic E-state index is 0.183. The number of likely N-dealkylation sites (N-methyl/N-ethyl adjacent to an activating group) is 1. The van der Waals surface area contributed by atoms with Gasteiger partial charge in [-0.2, -0.15) is 0 Å². The van der Waals surface area contributed by atoms with Crippen LogP contribution in [0.5, 0.6) is 0 Å². The highest BCUT2D eigenvalue weighted by molar-refractivity contribution is 5.17. The van der Waals surface area contributed by atoms with Crippen molar-refractivity contribution in [3.05, 3.63) is 53.9 Å². The molecular weight excluding hydrogens is 265 g/mol. The van der Waals surface area contributed by atoms with Crippen molar-refractivity contribution >= 4 is 0 Å². The molecular formula is C17H24FN3. The molecule has 0 aliphatic carbocycles. The molecule has 1 aromatic heterocycles. The largest absolute Gasteiger partial charge is 0.335 e. The molecule has 4 heteroatoms. The van der Waals surface area contributed by atoms with Crippen LogP contribution in [0.2, 0.25) is 0 Å². The molecule has 2 aromatic rings. The monoisotopic (exact) mass is 289 g/mol. The number of hydrogen-bond donors (Lipinski definition) is 1. The van der Waals surface area contributed by atoms with Gasteiger partial charge in [0.25, 0.3) is 0 Å². The summed E-state index contributed by atoms with van der Waals surface area (Å²) in [6, 6.07) is 7.09. The lowest BCUT2D eigenvalue weighted by Crippen LogP contribution is -2.34. The van der Waals surface area contributed by atoms with E-state index in [0.29, 0.717) is 6.04 Å². The van der Waals surface area contributed by atoms with Crippen molar-refractivity contribution in [2.45, 2.75) is 45.7 Å². The van der Waals surface area contributed by atoms with E-state index in [9.17, 15) is 4.39 Å². The fourth-order valence-corrected chi connectivity index (χ4v) is 2.61. The lowest BCUT2D eigenvalue weighted by molar-refractivity contribution is 0.494. The summed E-state index contributed by atoms with van der Waals surface area (Å²) in [6.45, 7) is 6.20. The van der Waals surface area contributed by atoms with Gasteiger partial charge in [-0.3, -0.25) is 0 Å².